The second kappa shape index (κ2) is 7.61. The third-order valence-electron chi connectivity index (χ3n) is 4.44. The minimum absolute atomic E-state index is 0.216. The second-order valence-electron chi connectivity index (χ2n) is 6.07. The molecule has 2 N–H and O–H groups in total. The number of alkyl halides is 6. The van der Waals surface area contributed by atoms with E-state index in [1.807, 2.05) is 0 Å². The number of hydrogen-bond donors (Lipinski definition) is 2. The average Bonchev–Trinajstić information content (AvgIpc) is 2.96. The summed E-state index contributed by atoms with van der Waals surface area (Å²) >= 11 is 0. The van der Waals surface area contributed by atoms with Crippen molar-refractivity contribution in [3.05, 3.63) is 17.8 Å². The van der Waals surface area contributed by atoms with Crippen molar-refractivity contribution in [2.24, 2.45) is 0 Å². The van der Waals surface area contributed by atoms with E-state index >= 15 is 0 Å². The fraction of sp³-hybridized carbons (Fsp3) is 0.529. The van der Waals surface area contributed by atoms with E-state index in [-0.39, 0.29) is 17.9 Å². The zero-order valence-corrected chi connectivity index (χ0v) is 15.2. The first-order chi connectivity index (χ1) is 12.9. The fourth-order valence-corrected chi connectivity index (χ4v) is 2.99. The molecular formula is C17H19F6NO4. The van der Waals surface area contributed by atoms with Crippen LogP contribution in [0.25, 0.3) is 10.9 Å². The smallest absolute Gasteiger partial charge is 0.426 e. The quantitative estimate of drug-likeness (QED) is 0.660. The van der Waals surface area contributed by atoms with E-state index in [1.165, 1.54) is 21.3 Å². The van der Waals surface area contributed by atoms with Crippen LogP contribution in [0.15, 0.2) is 12.1 Å². The lowest BCUT2D eigenvalue weighted by molar-refractivity contribution is -0.370. The molecule has 0 radical (unpaired) electrons. The summed E-state index contributed by atoms with van der Waals surface area (Å²) in [7, 11) is 4.11. The number of rotatable bonds is 7. The Labute approximate surface area is 156 Å². The van der Waals surface area contributed by atoms with Gasteiger partial charge in [0.05, 0.1) is 37.9 Å². The minimum Gasteiger partial charge on any atom is -0.494 e. The van der Waals surface area contributed by atoms with Crippen LogP contribution < -0.4 is 14.2 Å². The zero-order valence-electron chi connectivity index (χ0n) is 15.2. The van der Waals surface area contributed by atoms with Crippen LogP contribution in [0.1, 0.15) is 18.5 Å². The van der Waals surface area contributed by atoms with Gasteiger partial charge in [0.15, 0.2) is 17.2 Å². The van der Waals surface area contributed by atoms with E-state index < -0.39 is 30.8 Å². The van der Waals surface area contributed by atoms with E-state index in [9.17, 15) is 31.4 Å². The normalized spacial score (nSPS) is 13.1. The summed E-state index contributed by atoms with van der Waals surface area (Å²) in [5, 5.41) is 9.70. The van der Waals surface area contributed by atoms with Crippen molar-refractivity contribution in [3.63, 3.8) is 0 Å². The molecule has 28 heavy (non-hydrogen) atoms. The van der Waals surface area contributed by atoms with Gasteiger partial charge in [-0.1, -0.05) is 0 Å². The van der Waals surface area contributed by atoms with Gasteiger partial charge in [-0.15, -0.1) is 0 Å². The van der Waals surface area contributed by atoms with E-state index in [4.69, 9.17) is 14.2 Å². The van der Waals surface area contributed by atoms with Crippen molar-refractivity contribution < 1.29 is 45.7 Å². The van der Waals surface area contributed by atoms with Crippen molar-refractivity contribution in [1.82, 2.24) is 4.98 Å². The summed E-state index contributed by atoms with van der Waals surface area (Å²) in [6, 6.07) is 3.21. The van der Waals surface area contributed by atoms with Crippen LogP contribution in [0.4, 0.5) is 26.3 Å². The molecule has 0 saturated carbocycles. The Morgan fingerprint density at radius 1 is 0.893 bits per heavy atom. The Kier molecular flexibility index (Phi) is 5.98. The number of benzene rings is 1. The number of nitrogens with one attached hydrogen (secondary N) is 1. The molecule has 1 aromatic heterocycles. The number of aromatic amines is 1. The van der Waals surface area contributed by atoms with Gasteiger partial charge in [-0.2, -0.15) is 26.3 Å². The van der Waals surface area contributed by atoms with Crippen molar-refractivity contribution in [3.8, 4) is 17.2 Å². The van der Waals surface area contributed by atoms with Crippen molar-refractivity contribution >= 4 is 10.9 Å². The first-order valence-electron chi connectivity index (χ1n) is 8.06. The number of hydrogen-bond acceptors (Lipinski definition) is 4. The Bertz CT molecular complexity index is 814. The highest BCUT2D eigenvalue weighted by atomic mass is 19.4. The summed E-state index contributed by atoms with van der Waals surface area (Å²) in [5.41, 5.74) is -4.00. The molecule has 0 fully saturated rings. The monoisotopic (exact) mass is 415 g/mol. The van der Waals surface area contributed by atoms with E-state index in [0.29, 0.717) is 22.4 Å². The maximum atomic E-state index is 12.8. The van der Waals surface area contributed by atoms with Gasteiger partial charge in [0.2, 0.25) is 0 Å². The fourth-order valence-electron chi connectivity index (χ4n) is 2.99. The molecule has 158 valence electrons. The Morgan fingerprint density at radius 2 is 1.46 bits per heavy atom. The molecule has 0 atom stereocenters. The summed E-state index contributed by atoms with van der Waals surface area (Å²) < 4.78 is 92.5. The van der Waals surface area contributed by atoms with Crippen molar-refractivity contribution in [2.45, 2.75) is 37.2 Å². The van der Waals surface area contributed by atoms with Crippen LogP contribution in [-0.4, -0.2) is 49.4 Å². The van der Waals surface area contributed by atoms with Gasteiger partial charge < -0.3 is 24.3 Å². The van der Waals surface area contributed by atoms with Gasteiger partial charge in [-0.05, 0) is 31.4 Å². The van der Waals surface area contributed by atoms with Gasteiger partial charge in [0.25, 0.3) is 5.60 Å². The zero-order chi connectivity index (χ0) is 21.3. The lowest BCUT2D eigenvalue weighted by Crippen LogP contribution is -2.56. The van der Waals surface area contributed by atoms with Crippen LogP contribution in [0, 0.1) is 0 Å². The van der Waals surface area contributed by atoms with Gasteiger partial charge in [0.1, 0.15) is 0 Å². The van der Waals surface area contributed by atoms with E-state index in [1.54, 1.807) is 12.1 Å². The van der Waals surface area contributed by atoms with Gasteiger partial charge >= 0.3 is 12.4 Å². The molecule has 0 amide bonds. The van der Waals surface area contributed by atoms with E-state index in [2.05, 4.69) is 4.98 Å². The van der Waals surface area contributed by atoms with Crippen LogP contribution in [0.3, 0.4) is 0 Å². The highest BCUT2D eigenvalue weighted by Gasteiger charge is 2.69. The number of aromatic nitrogens is 1. The number of methoxy groups -OCH3 is 3. The molecule has 2 aromatic rings. The number of halogens is 6. The topological polar surface area (TPSA) is 63.7 Å². The van der Waals surface area contributed by atoms with Crippen molar-refractivity contribution in [1.29, 1.82) is 0 Å². The van der Waals surface area contributed by atoms with Crippen LogP contribution in [-0.2, 0) is 6.42 Å². The number of fused-ring (bicyclic) bond motifs is 1. The predicted octanol–water partition coefficient (Wildman–Crippen LogP) is 4.37. The first kappa shape index (κ1) is 22.0. The molecule has 0 unspecified atom stereocenters. The summed E-state index contributed by atoms with van der Waals surface area (Å²) in [4.78, 5) is 2.90. The molecule has 11 heteroatoms. The standard InChI is InChI=1S/C17H19F6NO4/c1-26-11-7-6-9-12(14(11)28-3)13(27-2)10(24-9)5-4-8-15(25,16(18,19)20)17(21,22)23/h6-7,24-25H,4-5,8H2,1-3H3. The molecule has 1 heterocycles. The average molecular weight is 415 g/mol. The molecule has 5 nitrogen and oxygen atoms in total. The molecule has 0 aliphatic carbocycles. The van der Waals surface area contributed by atoms with Gasteiger partial charge in [-0.25, -0.2) is 0 Å². The van der Waals surface area contributed by atoms with Gasteiger partial charge in [0, 0.05) is 0 Å². The summed E-state index contributed by atoms with van der Waals surface area (Å²) in [6.07, 6.45) is -14.0. The Hall–Kier alpha value is -2.30. The van der Waals surface area contributed by atoms with Gasteiger partial charge in [-0.3, -0.25) is 0 Å². The highest BCUT2D eigenvalue weighted by Crippen LogP contribution is 2.47. The number of H-pyrrole nitrogens is 1. The highest BCUT2D eigenvalue weighted by molar-refractivity contribution is 5.95. The molecule has 0 aliphatic heterocycles. The second-order valence-corrected chi connectivity index (χ2v) is 6.07. The summed E-state index contributed by atoms with van der Waals surface area (Å²) in [5.74, 6) is 0.900. The molecule has 0 spiro atoms. The molecular weight excluding hydrogens is 396 g/mol. The van der Waals surface area contributed by atoms with Crippen LogP contribution in [0.2, 0.25) is 0 Å². The van der Waals surface area contributed by atoms with Crippen LogP contribution >= 0.6 is 0 Å². The lowest BCUT2D eigenvalue weighted by Gasteiger charge is -2.32. The molecule has 0 aliphatic rings. The molecule has 1 aromatic carbocycles. The van der Waals surface area contributed by atoms with Crippen molar-refractivity contribution in [2.75, 3.05) is 21.3 Å². The first-order valence-corrected chi connectivity index (χ1v) is 8.06. The number of aliphatic hydroxyl groups is 1. The SMILES string of the molecule is COc1ccc2[nH]c(CCCC(O)(C(F)(F)F)C(F)(F)F)c(OC)c2c1OC. The summed E-state index contributed by atoms with van der Waals surface area (Å²) in [6.45, 7) is 0. The minimum atomic E-state index is -5.84. The third kappa shape index (κ3) is 3.67. The largest absolute Gasteiger partial charge is 0.494 e. The predicted molar refractivity (Wildman–Crippen MR) is 88.0 cm³/mol. The Morgan fingerprint density at radius 3 is 1.93 bits per heavy atom. The maximum absolute atomic E-state index is 12.8. The molecule has 0 saturated heterocycles. The lowest BCUT2D eigenvalue weighted by atomic mass is 9.94. The van der Waals surface area contributed by atoms with E-state index in [0.717, 1.165) is 0 Å². The maximum Gasteiger partial charge on any atom is 0.426 e. The van der Waals surface area contributed by atoms with Crippen LogP contribution in [0.5, 0.6) is 17.2 Å². The Balaban J connectivity index is 2.35. The number of aryl methyl sites for hydroxylation is 1. The molecule has 2 rings (SSSR count). The molecule has 0 bridgehead atoms. The third-order valence-corrected chi connectivity index (χ3v) is 4.44. The number of ether oxygens (including phenoxy) is 3.